The van der Waals surface area contributed by atoms with E-state index in [1.807, 2.05) is 0 Å². The molecule has 0 aromatic carbocycles. The third-order valence-electron chi connectivity index (χ3n) is 3.68. The number of rotatable bonds is 3. The van der Waals surface area contributed by atoms with Crippen LogP contribution in [0.5, 0.6) is 0 Å². The van der Waals surface area contributed by atoms with Crippen LogP contribution in [0.4, 0.5) is 0 Å². The summed E-state index contributed by atoms with van der Waals surface area (Å²) in [5.41, 5.74) is 1.15. The van der Waals surface area contributed by atoms with E-state index in [0.29, 0.717) is 18.1 Å². The van der Waals surface area contributed by atoms with Crippen LogP contribution in [0.3, 0.4) is 0 Å². The van der Waals surface area contributed by atoms with Crippen molar-refractivity contribution in [2.24, 2.45) is 0 Å². The number of thiazole rings is 1. The standard InChI is InChI=1S/C13H23N3S/c1-5-12-7-16(10(3)6-14-12)11(4)13-15-9(2)8-17-13/h8,10-12,14H,5-7H2,1-4H3. The Morgan fingerprint density at radius 3 is 3.00 bits per heavy atom. The van der Waals surface area contributed by atoms with E-state index in [-0.39, 0.29) is 0 Å². The first-order valence-corrected chi connectivity index (χ1v) is 7.41. The van der Waals surface area contributed by atoms with E-state index in [9.17, 15) is 0 Å². The highest BCUT2D eigenvalue weighted by atomic mass is 32.1. The third kappa shape index (κ3) is 2.87. The van der Waals surface area contributed by atoms with Crippen molar-refractivity contribution in [3.8, 4) is 0 Å². The fourth-order valence-corrected chi connectivity index (χ4v) is 3.35. The zero-order chi connectivity index (χ0) is 12.4. The SMILES string of the molecule is CCC1CN(C(C)c2nc(C)cs2)C(C)CN1. The summed E-state index contributed by atoms with van der Waals surface area (Å²) in [6, 6.07) is 1.67. The minimum Gasteiger partial charge on any atom is -0.311 e. The number of aryl methyl sites for hydroxylation is 1. The smallest absolute Gasteiger partial charge is 0.110 e. The van der Waals surface area contributed by atoms with E-state index in [0.717, 1.165) is 18.8 Å². The normalized spacial score (nSPS) is 28.2. The molecule has 1 fully saturated rings. The van der Waals surface area contributed by atoms with E-state index >= 15 is 0 Å². The molecule has 3 atom stereocenters. The molecule has 0 bridgehead atoms. The lowest BCUT2D eigenvalue weighted by Gasteiger charge is -2.41. The highest BCUT2D eigenvalue weighted by Gasteiger charge is 2.29. The van der Waals surface area contributed by atoms with Crippen molar-refractivity contribution in [1.82, 2.24) is 15.2 Å². The molecule has 1 saturated heterocycles. The van der Waals surface area contributed by atoms with Crippen LogP contribution in [0.25, 0.3) is 0 Å². The molecule has 0 saturated carbocycles. The van der Waals surface area contributed by atoms with Gasteiger partial charge in [0, 0.05) is 36.2 Å². The monoisotopic (exact) mass is 253 g/mol. The molecule has 1 aliphatic rings. The molecule has 96 valence electrons. The summed E-state index contributed by atoms with van der Waals surface area (Å²) in [6.45, 7) is 11.1. The lowest BCUT2D eigenvalue weighted by atomic mass is 10.1. The predicted molar refractivity (Wildman–Crippen MR) is 73.5 cm³/mol. The summed E-state index contributed by atoms with van der Waals surface area (Å²) in [7, 11) is 0. The van der Waals surface area contributed by atoms with Crippen LogP contribution in [-0.4, -0.2) is 35.1 Å². The first-order valence-electron chi connectivity index (χ1n) is 6.53. The summed E-state index contributed by atoms with van der Waals surface area (Å²) in [4.78, 5) is 7.21. The maximum absolute atomic E-state index is 4.63. The van der Waals surface area contributed by atoms with Crippen LogP contribution in [0.1, 0.15) is 43.9 Å². The van der Waals surface area contributed by atoms with Crippen molar-refractivity contribution in [2.75, 3.05) is 13.1 Å². The average molecular weight is 253 g/mol. The first-order chi connectivity index (χ1) is 8.11. The second kappa shape index (κ2) is 5.46. The molecule has 17 heavy (non-hydrogen) atoms. The van der Waals surface area contributed by atoms with Crippen LogP contribution in [0.15, 0.2) is 5.38 Å². The van der Waals surface area contributed by atoms with Crippen molar-refractivity contribution in [3.05, 3.63) is 16.1 Å². The van der Waals surface area contributed by atoms with Crippen molar-refractivity contribution >= 4 is 11.3 Å². The van der Waals surface area contributed by atoms with Gasteiger partial charge in [0.05, 0.1) is 6.04 Å². The molecular formula is C13H23N3S. The highest BCUT2D eigenvalue weighted by molar-refractivity contribution is 7.09. The van der Waals surface area contributed by atoms with Crippen LogP contribution in [0, 0.1) is 6.92 Å². The molecule has 4 heteroatoms. The average Bonchev–Trinajstić information content (AvgIpc) is 2.76. The van der Waals surface area contributed by atoms with E-state index in [2.05, 4.69) is 48.3 Å². The largest absolute Gasteiger partial charge is 0.311 e. The quantitative estimate of drug-likeness (QED) is 0.897. The first kappa shape index (κ1) is 13.0. The van der Waals surface area contributed by atoms with Gasteiger partial charge in [0.25, 0.3) is 0 Å². The lowest BCUT2D eigenvalue weighted by Crippen LogP contribution is -2.55. The molecule has 0 spiro atoms. The van der Waals surface area contributed by atoms with Crippen LogP contribution in [0.2, 0.25) is 0 Å². The third-order valence-corrected chi connectivity index (χ3v) is 4.82. The molecule has 1 aromatic heterocycles. The number of piperazine rings is 1. The Morgan fingerprint density at radius 2 is 2.41 bits per heavy atom. The second-order valence-corrected chi connectivity index (χ2v) is 5.95. The number of nitrogens with one attached hydrogen (secondary N) is 1. The van der Waals surface area contributed by atoms with Gasteiger partial charge in [-0.3, -0.25) is 4.90 Å². The zero-order valence-electron chi connectivity index (χ0n) is 11.2. The Balaban J connectivity index is 2.09. The van der Waals surface area contributed by atoms with Gasteiger partial charge < -0.3 is 5.32 Å². The van der Waals surface area contributed by atoms with Gasteiger partial charge in [0.1, 0.15) is 5.01 Å². The number of nitrogens with zero attached hydrogens (tertiary/aromatic N) is 2. The molecule has 1 aliphatic heterocycles. The van der Waals surface area contributed by atoms with Crippen LogP contribution >= 0.6 is 11.3 Å². The van der Waals surface area contributed by atoms with Crippen molar-refractivity contribution in [3.63, 3.8) is 0 Å². The van der Waals surface area contributed by atoms with Gasteiger partial charge in [0.2, 0.25) is 0 Å². The summed E-state index contributed by atoms with van der Waals surface area (Å²) >= 11 is 1.79. The van der Waals surface area contributed by atoms with E-state index < -0.39 is 0 Å². The summed E-state index contributed by atoms with van der Waals surface area (Å²) in [6.07, 6.45) is 1.20. The maximum atomic E-state index is 4.63. The Hall–Kier alpha value is -0.450. The van der Waals surface area contributed by atoms with Gasteiger partial charge in [-0.1, -0.05) is 6.92 Å². The van der Waals surface area contributed by atoms with Gasteiger partial charge in [-0.05, 0) is 27.2 Å². The minimum absolute atomic E-state index is 0.444. The predicted octanol–water partition coefficient (Wildman–Crippen LogP) is 2.58. The van der Waals surface area contributed by atoms with Gasteiger partial charge in [-0.15, -0.1) is 11.3 Å². The summed E-state index contributed by atoms with van der Waals surface area (Å²) in [5.74, 6) is 0. The van der Waals surface area contributed by atoms with E-state index in [4.69, 9.17) is 0 Å². The Kier molecular flexibility index (Phi) is 4.17. The molecule has 1 N–H and O–H groups in total. The number of hydrogen-bond donors (Lipinski definition) is 1. The Bertz CT molecular complexity index is 363. The highest BCUT2D eigenvalue weighted by Crippen LogP contribution is 2.27. The molecule has 0 aliphatic carbocycles. The molecule has 2 rings (SSSR count). The minimum atomic E-state index is 0.444. The molecule has 0 radical (unpaired) electrons. The number of aromatic nitrogens is 1. The summed E-state index contributed by atoms with van der Waals surface area (Å²) in [5, 5.41) is 7.01. The van der Waals surface area contributed by atoms with Crippen molar-refractivity contribution in [2.45, 2.75) is 52.2 Å². The fraction of sp³-hybridized carbons (Fsp3) is 0.769. The molecular weight excluding hydrogens is 230 g/mol. The topological polar surface area (TPSA) is 28.2 Å². The van der Waals surface area contributed by atoms with Crippen molar-refractivity contribution in [1.29, 1.82) is 0 Å². The van der Waals surface area contributed by atoms with Gasteiger partial charge in [-0.2, -0.15) is 0 Å². The molecule has 3 nitrogen and oxygen atoms in total. The molecule has 1 aromatic rings. The summed E-state index contributed by atoms with van der Waals surface area (Å²) < 4.78 is 0. The van der Waals surface area contributed by atoms with Crippen molar-refractivity contribution < 1.29 is 0 Å². The Labute approximate surface area is 108 Å². The van der Waals surface area contributed by atoms with Crippen LogP contribution in [-0.2, 0) is 0 Å². The van der Waals surface area contributed by atoms with E-state index in [1.54, 1.807) is 11.3 Å². The molecule has 3 unspecified atom stereocenters. The fourth-order valence-electron chi connectivity index (χ4n) is 2.47. The number of hydrogen-bond acceptors (Lipinski definition) is 4. The van der Waals surface area contributed by atoms with Gasteiger partial charge >= 0.3 is 0 Å². The molecule has 2 heterocycles. The van der Waals surface area contributed by atoms with Gasteiger partial charge in [-0.25, -0.2) is 4.98 Å². The maximum Gasteiger partial charge on any atom is 0.110 e. The van der Waals surface area contributed by atoms with E-state index in [1.165, 1.54) is 11.4 Å². The zero-order valence-corrected chi connectivity index (χ0v) is 12.0. The Morgan fingerprint density at radius 1 is 1.65 bits per heavy atom. The van der Waals surface area contributed by atoms with Gasteiger partial charge in [0.15, 0.2) is 0 Å². The second-order valence-electron chi connectivity index (χ2n) is 5.06. The van der Waals surface area contributed by atoms with Crippen LogP contribution < -0.4 is 5.32 Å². The lowest BCUT2D eigenvalue weighted by molar-refractivity contribution is 0.0973. The molecule has 0 amide bonds.